The topological polar surface area (TPSA) is 66.4 Å². The number of ether oxygens (including phenoxy) is 3. The highest BCUT2D eigenvalue weighted by Gasteiger charge is 2.27. The maximum Gasteiger partial charge on any atom is 0.326 e. The largest absolute Gasteiger partial charge is 0.457 e. The van der Waals surface area contributed by atoms with Crippen LogP contribution in [0.15, 0.2) is 91.0 Å². The van der Waals surface area contributed by atoms with Gasteiger partial charge in [-0.3, -0.25) is 0 Å². The summed E-state index contributed by atoms with van der Waals surface area (Å²) in [6.07, 6.45) is 0. The van der Waals surface area contributed by atoms with Crippen molar-refractivity contribution in [2.45, 2.75) is 61.2 Å². The number of quaternary nitrogens is 3. The van der Waals surface area contributed by atoms with E-state index >= 15 is 0 Å². The van der Waals surface area contributed by atoms with Gasteiger partial charge < -0.3 is 27.7 Å². The van der Waals surface area contributed by atoms with E-state index in [4.69, 9.17) is 14.2 Å². The molecular formula is C42H63N6O3+3. The van der Waals surface area contributed by atoms with Gasteiger partial charge in [0, 0.05) is 16.7 Å². The van der Waals surface area contributed by atoms with Crippen molar-refractivity contribution in [3.05, 3.63) is 108 Å². The van der Waals surface area contributed by atoms with Crippen molar-refractivity contribution in [3.63, 3.8) is 0 Å². The zero-order chi connectivity index (χ0) is 36.4. The third kappa shape index (κ3) is 12.0. The van der Waals surface area contributed by atoms with Crippen LogP contribution in [0.25, 0.3) is 0 Å². The van der Waals surface area contributed by atoms with E-state index < -0.39 is 0 Å². The molecule has 0 atom stereocenters. The second kappa shape index (κ2) is 20.1. The summed E-state index contributed by atoms with van der Waals surface area (Å²) in [6.45, 7) is 26.3. The fraction of sp³-hybridized carbons (Fsp3) is 0.500. The first kappa shape index (κ1) is 39.7. The van der Waals surface area contributed by atoms with Crippen LogP contribution in [0.2, 0.25) is 0 Å². The lowest BCUT2D eigenvalue weighted by Crippen LogP contribution is -2.49. The third-order valence-corrected chi connectivity index (χ3v) is 11.1. The molecule has 0 radical (unpaired) electrons. The predicted octanol–water partition coefficient (Wildman–Crippen LogP) is 7.18. The first-order valence-electron chi connectivity index (χ1n) is 19.2. The molecule has 0 spiro atoms. The minimum Gasteiger partial charge on any atom is -0.457 e. The number of hydrogen-bond donors (Lipinski definition) is 0. The van der Waals surface area contributed by atoms with Gasteiger partial charge in [0.25, 0.3) is 0 Å². The molecule has 4 aromatic rings. The average molecular weight is 700 g/mol. The fourth-order valence-corrected chi connectivity index (χ4v) is 6.95. The van der Waals surface area contributed by atoms with Crippen molar-refractivity contribution in [1.29, 1.82) is 0 Å². The van der Waals surface area contributed by atoms with E-state index in [1.165, 1.54) is 16.7 Å². The molecule has 0 unspecified atom stereocenters. The second-order valence-electron chi connectivity index (χ2n) is 13.8. The smallest absolute Gasteiger partial charge is 0.326 e. The molecule has 9 heteroatoms. The second-order valence-corrected chi connectivity index (χ2v) is 13.8. The van der Waals surface area contributed by atoms with E-state index in [1.807, 2.05) is 0 Å². The first-order valence-corrected chi connectivity index (χ1v) is 19.2. The van der Waals surface area contributed by atoms with Gasteiger partial charge in [0.1, 0.15) is 59.1 Å². The molecule has 0 amide bonds. The van der Waals surface area contributed by atoms with Crippen LogP contribution in [0.4, 0.5) is 0 Å². The normalized spacial score (nSPS) is 12.1. The molecule has 0 saturated heterocycles. The highest BCUT2D eigenvalue weighted by atomic mass is 16.5. The molecule has 0 aliphatic rings. The van der Waals surface area contributed by atoms with Crippen molar-refractivity contribution < 1.29 is 27.7 Å². The summed E-state index contributed by atoms with van der Waals surface area (Å²) < 4.78 is 21.6. The van der Waals surface area contributed by atoms with Crippen molar-refractivity contribution in [2.24, 2.45) is 0 Å². The molecule has 0 fully saturated rings. The SMILES string of the molecule is CC[N+](CC)(CCOc1nc(OCC[N+](CC)(CC)Cc2ccccc2)nc(OCC[N+](CC)(CC)Cc2ccccc2)n1)Cc1ccccc1. The summed E-state index contributed by atoms with van der Waals surface area (Å²) in [7, 11) is 0. The van der Waals surface area contributed by atoms with E-state index in [0.29, 0.717) is 19.8 Å². The number of rotatable bonds is 24. The molecule has 0 bridgehead atoms. The Morgan fingerprint density at radius 2 is 0.608 bits per heavy atom. The van der Waals surface area contributed by atoms with Crippen LogP contribution in [-0.2, 0) is 19.6 Å². The van der Waals surface area contributed by atoms with Gasteiger partial charge in [-0.2, -0.15) is 0 Å². The minimum absolute atomic E-state index is 0.243. The highest BCUT2D eigenvalue weighted by molar-refractivity contribution is 5.15. The maximum atomic E-state index is 6.28. The van der Waals surface area contributed by atoms with E-state index in [1.54, 1.807) is 0 Å². The van der Waals surface area contributed by atoms with E-state index in [0.717, 1.165) is 92.0 Å². The molecule has 4 rings (SSSR count). The average Bonchev–Trinajstić information content (AvgIpc) is 3.18. The Morgan fingerprint density at radius 3 is 0.824 bits per heavy atom. The Labute approximate surface area is 307 Å². The lowest BCUT2D eigenvalue weighted by Gasteiger charge is -2.37. The summed E-state index contributed by atoms with van der Waals surface area (Å²) in [5, 5.41) is 0. The van der Waals surface area contributed by atoms with Crippen molar-refractivity contribution >= 4 is 0 Å². The predicted molar refractivity (Wildman–Crippen MR) is 205 cm³/mol. The Hall–Kier alpha value is -4.05. The lowest BCUT2D eigenvalue weighted by molar-refractivity contribution is -0.937. The Morgan fingerprint density at radius 1 is 0.373 bits per heavy atom. The van der Waals surface area contributed by atoms with E-state index in [-0.39, 0.29) is 18.0 Å². The fourth-order valence-electron chi connectivity index (χ4n) is 6.95. The van der Waals surface area contributed by atoms with Gasteiger partial charge >= 0.3 is 18.0 Å². The van der Waals surface area contributed by atoms with E-state index in [2.05, 4.69) is 147 Å². The number of aromatic nitrogens is 3. The first-order chi connectivity index (χ1) is 24.8. The summed E-state index contributed by atoms with van der Waals surface area (Å²) in [5.74, 6) is 0. The molecule has 0 aliphatic carbocycles. The number of likely N-dealkylation sites (N-methyl/N-ethyl adjacent to an activating group) is 3. The molecule has 9 nitrogen and oxygen atoms in total. The lowest BCUT2D eigenvalue weighted by atomic mass is 10.2. The Bertz CT molecular complexity index is 1330. The van der Waals surface area contributed by atoms with Crippen LogP contribution < -0.4 is 14.2 Å². The molecule has 1 heterocycles. The maximum absolute atomic E-state index is 6.28. The van der Waals surface area contributed by atoms with Gasteiger partial charge in [0.15, 0.2) is 0 Å². The van der Waals surface area contributed by atoms with E-state index in [9.17, 15) is 0 Å². The van der Waals surface area contributed by atoms with Crippen LogP contribution >= 0.6 is 0 Å². The van der Waals surface area contributed by atoms with Crippen LogP contribution in [0, 0.1) is 0 Å². The summed E-state index contributed by atoms with van der Waals surface area (Å²) in [5.41, 5.74) is 3.98. The third-order valence-electron chi connectivity index (χ3n) is 11.1. The summed E-state index contributed by atoms with van der Waals surface area (Å²) in [4.78, 5) is 13.9. The van der Waals surface area contributed by atoms with Crippen LogP contribution in [-0.4, -0.2) is 107 Å². The molecule has 0 aliphatic heterocycles. The van der Waals surface area contributed by atoms with Crippen molar-refractivity contribution in [3.8, 4) is 18.0 Å². The Balaban J connectivity index is 1.47. The van der Waals surface area contributed by atoms with Gasteiger partial charge in [0.2, 0.25) is 0 Å². The minimum atomic E-state index is 0.243. The number of hydrogen-bond acceptors (Lipinski definition) is 6. The van der Waals surface area contributed by atoms with Crippen LogP contribution in [0.1, 0.15) is 58.2 Å². The van der Waals surface area contributed by atoms with Crippen LogP contribution in [0.5, 0.6) is 18.0 Å². The standard InChI is InChI=1S/C42H63N6O3/c1-7-46(8-2,34-37-22-16-13-17-23-37)28-31-49-40-43-41(50-32-29-47(9-3,10-4)35-38-24-18-14-19-25-38)45-42(44-40)51-33-30-48(11-5,12-6)36-39-26-20-15-21-27-39/h13-27H,7-12,28-36H2,1-6H3/q+3. The molecule has 3 aromatic carbocycles. The Kier molecular flexibility index (Phi) is 15.7. The molecule has 1 aromatic heterocycles. The van der Waals surface area contributed by atoms with Crippen molar-refractivity contribution in [1.82, 2.24) is 15.0 Å². The van der Waals surface area contributed by atoms with Gasteiger partial charge in [-0.15, -0.1) is 15.0 Å². The van der Waals surface area contributed by atoms with Crippen molar-refractivity contribution in [2.75, 3.05) is 78.7 Å². The monoisotopic (exact) mass is 699 g/mol. The van der Waals surface area contributed by atoms with Gasteiger partial charge in [0.05, 0.1) is 39.3 Å². The van der Waals surface area contributed by atoms with Crippen LogP contribution in [0.3, 0.4) is 0 Å². The quantitative estimate of drug-likeness (QED) is 0.0723. The molecule has 0 N–H and O–H groups in total. The number of benzene rings is 3. The molecular weight excluding hydrogens is 637 g/mol. The van der Waals surface area contributed by atoms with Gasteiger partial charge in [-0.25, -0.2) is 0 Å². The van der Waals surface area contributed by atoms with Gasteiger partial charge in [-0.05, 0) is 41.5 Å². The molecule has 0 saturated carbocycles. The molecule has 276 valence electrons. The van der Waals surface area contributed by atoms with Gasteiger partial charge in [-0.1, -0.05) is 91.0 Å². The zero-order valence-corrected chi connectivity index (χ0v) is 32.2. The molecule has 51 heavy (non-hydrogen) atoms. The highest BCUT2D eigenvalue weighted by Crippen LogP contribution is 2.20. The summed E-state index contributed by atoms with van der Waals surface area (Å²) >= 11 is 0. The number of nitrogens with zero attached hydrogens (tertiary/aromatic N) is 6. The summed E-state index contributed by atoms with van der Waals surface area (Å²) in [6, 6.07) is 32.8. The zero-order valence-electron chi connectivity index (χ0n) is 32.2.